The highest BCUT2D eigenvalue weighted by Gasteiger charge is 2.31. The Labute approximate surface area is 162 Å². The van der Waals surface area contributed by atoms with Gasteiger partial charge in [-0.25, -0.2) is 4.79 Å². The lowest BCUT2D eigenvalue weighted by Crippen LogP contribution is -2.34. The Morgan fingerprint density at radius 2 is 1.96 bits per heavy atom. The Balaban J connectivity index is 1.30. The average Bonchev–Trinajstić information content (AvgIpc) is 3.32. The third-order valence-corrected chi connectivity index (χ3v) is 4.77. The molecule has 0 saturated carbocycles. The van der Waals surface area contributed by atoms with Gasteiger partial charge in [0.05, 0.1) is 7.11 Å². The molecule has 0 bridgehead atoms. The molecule has 1 saturated heterocycles. The zero-order valence-corrected chi connectivity index (χ0v) is 15.4. The Morgan fingerprint density at radius 3 is 2.75 bits per heavy atom. The molecule has 2 aliphatic heterocycles. The molecule has 1 fully saturated rings. The van der Waals surface area contributed by atoms with Gasteiger partial charge in [-0.05, 0) is 36.4 Å². The van der Waals surface area contributed by atoms with Gasteiger partial charge in [0.25, 0.3) is 0 Å². The maximum atomic E-state index is 12.4. The summed E-state index contributed by atoms with van der Waals surface area (Å²) in [5, 5.41) is 5.60. The van der Waals surface area contributed by atoms with Crippen molar-refractivity contribution in [3.63, 3.8) is 0 Å². The van der Waals surface area contributed by atoms with Crippen molar-refractivity contribution in [2.45, 2.75) is 6.42 Å². The van der Waals surface area contributed by atoms with Crippen LogP contribution in [0.5, 0.6) is 17.2 Å². The molecule has 0 aromatic heterocycles. The van der Waals surface area contributed by atoms with Crippen molar-refractivity contribution in [1.82, 2.24) is 5.32 Å². The zero-order valence-electron chi connectivity index (χ0n) is 15.4. The van der Waals surface area contributed by atoms with Crippen molar-refractivity contribution in [2.75, 3.05) is 37.2 Å². The van der Waals surface area contributed by atoms with Crippen molar-refractivity contribution < 1.29 is 23.8 Å². The van der Waals surface area contributed by atoms with Gasteiger partial charge in [-0.1, -0.05) is 0 Å². The van der Waals surface area contributed by atoms with Crippen molar-refractivity contribution in [3.05, 3.63) is 42.5 Å². The van der Waals surface area contributed by atoms with Crippen LogP contribution in [0, 0.1) is 5.92 Å². The fourth-order valence-electron chi connectivity index (χ4n) is 3.31. The third kappa shape index (κ3) is 3.80. The van der Waals surface area contributed by atoms with E-state index in [4.69, 9.17) is 14.2 Å². The number of hydrogen-bond acceptors (Lipinski definition) is 5. The van der Waals surface area contributed by atoms with Gasteiger partial charge in [0.15, 0.2) is 11.5 Å². The van der Waals surface area contributed by atoms with Gasteiger partial charge in [0.1, 0.15) is 5.75 Å². The minimum atomic E-state index is -0.306. The van der Waals surface area contributed by atoms with Crippen LogP contribution >= 0.6 is 0 Å². The number of nitrogens with zero attached hydrogens (tertiary/aromatic N) is 1. The number of nitrogens with one attached hydrogen (secondary N) is 2. The smallest absolute Gasteiger partial charge is 0.319 e. The van der Waals surface area contributed by atoms with Gasteiger partial charge >= 0.3 is 6.03 Å². The quantitative estimate of drug-likeness (QED) is 0.829. The summed E-state index contributed by atoms with van der Waals surface area (Å²) in [4.78, 5) is 26.2. The first-order chi connectivity index (χ1) is 13.6. The first kappa shape index (κ1) is 18.0. The van der Waals surface area contributed by atoms with Gasteiger partial charge in [0, 0.05) is 42.9 Å². The number of amides is 3. The molecule has 2 heterocycles. The maximum absolute atomic E-state index is 12.4. The molecule has 146 valence electrons. The first-order valence-electron chi connectivity index (χ1n) is 9.01. The summed E-state index contributed by atoms with van der Waals surface area (Å²) in [6.45, 7) is 1.15. The van der Waals surface area contributed by atoms with Gasteiger partial charge in [-0.2, -0.15) is 0 Å². The zero-order chi connectivity index (χ0) is 19.5. The third-order valence-electron chi connectivity index (χ3n) is 4.77. The second-order valence-corrected chi connectivity index (χ2v) is 6.68. The lowest BCUT2D eigenvalue weighted by Gasteiger charge is -2.17. The maximum Gasteiger partial charge on any atom is 0.319 e. The van der Waals surface area contributed by atoms with Crippen LogP contribution in [0.2, 0.25) is 0 Å². The number of urea groups is 1. The molecule has 2 aromatic rings. The van der Waals surface area contributed by atoms with Crippen molar-refractivity contribution in [2.24, 2.45) is 5.92 Å². The summed E-state index contributed by atoms with van der Waals surface area (Å²) in [5.41, 5.74) is 1.45. The minimum absolute atomic E-state index is 0.0289. The molecule has 3 amide bonds. The SMILES string of the molecule is COc1ccc(NC(=O)NC[C@H]2CC(=O)N(c3ccc4c(c3)OCO4)C2)cc1. The van der Waals surface area contributed by atoms with Crippen LogP contribution in [0.25, 0.3) is 0 Å². The molecular formula is C20H21N3O5. The van der Waals surface area contributed by atoms with E-state index in [0.717, 1.165) is 11.4 Å². The number of carbonyl (C=O) groups is 2. The molecule has 4 rings (SSSR count). The van der Waals surface area contributed by atoms with Crippen LogP contribution in [-0.4, -0.2) is 38.9 Å². The van der Waals surface area contributed by atoms with Crippen LogP contribution in [0.4, 0.5) is 16.2 Å². The number of methoxy groups -OCH3 is 1. The van der Waals surface area contributed by atoms with Gasteiger partial charge in [-0.15, -0.1) is 0 Å². The van der Waals surface area contributed by atoms with Crippen LogP contribution in [-0.2, 0) is 4.79 Å². The standard InChI is InChI=1S/C20H21N3O5/c1-26-16-5-2-14(3-6-16)22-20(25)21-10-13-8-19(24)23(11-13)15-4-7-17-18(9-15)28-12-27-17/h2-7,9,13H,8,10-12H2,1H3,(H2,21,22,25)/t13-/m1/s1. The molecule has 1 atom stereocenters. The summed E-state index contributed by atoms with van der Waals surface area (Å²) < 4.78 is 15.8. The highest BCUT2D eigenvalue weighted by molar-refractivity contribution is 5.96. The molecule has 0 spiro atoms. The average molecular weight is 383 g/mol. The lowest BCUT2D eigenvalue weighted by molar-refractivity contribution is -0.117. The van der Waals surface area contributed by atoms with Crippen LogP contribution in [0.15, 0.2) is 42.5 Å². The van der Waals surface area contributed by atoms with Crippen molar-refractivity contribution >= 4 is 23.3 Å². The summed E-state index contributed by atoms with van der Waals surface area (Å²) in [7, 11) is 1.59. The van der Waals surface area contributed by atoms with E-state index in [1.807, 2.05) is 12.1 Å². The number of ether oxygens (including phenoxy) is 3. The first-order valence-corrected chi connectivity index (χ1v) is 9.01. The number of fused-ring (bicyclic) bond motifs is 1. The molecule has 8 nitrogen and oxygen atoms in total. The highest BCUT2D eigenvalue weighted by atomic mass is 16.7. The fraction of sp³-hybridized carbons (Fsp3) is 0.300. The molecular weight excluding hydrogens is 362 g/mol. The van der Waals surface area contributed by atoms with Crippen LogP contribution in [0.3, 0.4) is 0 Å². The summed E-state index contributed by atoms with van der Waals surface area (Å²) in [5.74, 6) is 2.12. The Hall–Kier alpha value is -3.42. The monoisotopic (exact) mass is 383 g/mol. The molecule has 2 aromatic carbocycles. The number of hydrogen-bond donors (Lipinski definition) is 2. The summed E-state index contributed by atoms with van der Waals surface area (Å²) in [6.07, 6.45) is 0.386. The molecule has 28 heavy (non-hydrogen) atoms. The van der Waals surface area contributed by atoms with Gasteiger partial charge in [-0.3, -0.25) is 4.79 Å². The normalized spacial score (nSPS) is 17.5. The number of anilines is 2. The molecule has 0 aliphatic carbocycles. The molecule has 0 unspecified atom stereocenters. The van der Waals surface area contributed by atoms with Gasteiger partial charge < -0.3 is 29.7 Å². The van der Waals surface area contributed by atoms with E-state index in [-0.39, 0.29) is 24.6 Å². The molecule has 8 heteroatoms. The summed E-state index contributed by atoms with van der Waals surface area (Å²) >= 11 is 0. The van der Waals surface area contributed by atoms with E-state index < -0.39 is 0 Å². The fourth-order valence-corrected chi connectivity index (χ4v) is 3.31. The Morgan fingerprint density at radius 1 is 1.18 bits per heavy atom. The van der Waals surface area contributed by atoms with Crippen LogP contribution in [0.1, 0.15) is 6.42 Å². The minimum Gasteiger partial charge on any atom is -0.497 e. The predicted molar refractivity (Wildman–Crippen MR) is 103 cm³/mol. The predicted octanol–water partition coefficient (Wildman–Crippen LogP) is 2.60. The second-order valence-electron chi connectivity index (χ2n) is 6.68. The van der Waals surface area contributed by atoms with E-state index >= 15 is 0 Å². The van der Waals surface area contributed by atoms with Crippen molar-refractivity contribution in [1.29, 1.82) is 0 Å². The summed E-state index contributed by atoms with van der Waals surface area (Å²) in [6, 6.07) is 12.2. The number of carbonyl (C=O) groups excluding carboxylic acids is 2. The Kier molecular flexibility index (Phi) is 4.92. The van der Waals surface area contributed by atoms with Gasteiger partial charge in [0.2, 0.25) is 12.7 Å². The van der Waals surface area contributed by atoms with E-state index in [9.17, 15) is 9.59 Å². The van der Waals surface area contributed by atoms with E-state index in [0.29, 0.717) is 36.7 Å². The molecule has 2 aliphatic rings. The second kappa shape index (κ2) is 7.67. The number of rotatable bonds is 5. The van der Waals surface area contributed by atoms with E-state index in [1.165, 1.54) is 0 Å². The Bertz CT molecular complexity index is 884. The molecule has 2 N–H and O–H groups in total. The number of benzene rings is 2. The topological polar surface area (TPSA) is 89.1 Å². The highest BCUT2D eigenvalue weighted by Crippen LogP contribution is 2.37. The largest absolute Gasteiger partial charge is 0.497 e. The lowest BCUT2D eigenvalue weighted by atomic mass is 10.1. The van der Waals surface area contributed by atoms with E-state index in [2.05, 4.69) is 10.6 Å². The molecule has 0 radical (unpaired) electrons. The van der Waals surface area contributed by atoms with Crippen molar-refractivity contribution in [3.8, 4) is 17.2 Å². The van der Waals surface area contributed by atoms with E-state index in [1.54, 1.807) is 42.3 Å². The van der Waals surface area contributed by atoms with Crippen LogP contribution < -0.4 is 29.7 Å².